The van der Waals surface area contributed by atoms with E-state index in [9.17, 15) is 8.42 Å². The minimum absolute atomic E-state index is 0.0280. The van der Waals surface area contributed by atoms with Gasteiger partial charge in [0.1, 0.15) is 13.3 Å². The third-order valence-corrected chi connectivity index (χ3v) is 12.5. The summed E-state index contributed by atoms with van der Waals surface area (Å²) in [6.07, 6.45) is 5.75. The maximum Gasteiger partial charge on any atom is 0.284 e. The van der Waals surface area contributed by atoms with Gasteiger partial charge in [-0.3, -0.25) is 4.90 Å². The molecule has 1 N–H and O–H groups in total. The lowest BCUT2D eigenvalue weighted by atomic mass is 9.81. The third-order valence-electron chi connectivity index (χ3n) is 9.20. The molecule has 4 aliphatic heterocycles. The highest BCUT2D eigenvalue weighted by Gasteiger charge is 2.52. The number of ether oxygens (including phenoxy) is 2. The molecule has 8 rings (SSSR count). The number of sulfonamides is 1. The van der Waals surface area contributed by atoms with E-state index >= 15 is 0 Å². The number of anilines is 2. The number of rotatable bonds is 5. The molecule has 1 aromatic carbocycles. The lowest BCUT2D eigenvalue weighted by Gasteiger charge is -2.46. The van der Waals surface area contributed by atoms with Crippen molar-refractivity contribution in [1.29, 1.82) is 0 Å². The Morgan fingerprint density at radius 2 is 1.98 bits per heavy atom. The monoisotopic (exact) mass is 623 g/mol. The number of aryl methyl sites for hydroxylation is 1. The van der Waals surface area contributed by atoms with E-state index in [1.54, 1.807) is 10.9 Å². The van der Waals surface area contributed by atoms with Crippen molar-refractivity contribution in [2.75, 3.05) is 51.3 Å². The summed E-state index contributed by atoms with van der Waals surface area (Å²) < 4.78 is 42.9. The molecule has 2 aromatic heterocycles. The first-order valence-corrected chi connectivity index (χ1v) is 20.5. The van der Waals surface area contributed by atoms with Gasteiger partial charge in [-0.1, -0.05) is 31.8 Å². The van der Waals surface area contributed by atoms with E-state index in [1.165, 1.54) is 15.4 Å². The number of fused-ring (bicyclic) bond motifs is 3. The average molecular weight is 624 g/mol. The van der Waals surface area contributed by atoms with Gasteiger partial charge in [-0.05, 0) is 61.0 Å². The minimum atomic E-state index is -3.86. The summed E-state index contributed by atoms with van der Waals surface area (Å²) in [5.74, 6) is 0.961. The maximum absolute atomic E-state index is 13.8. The molecule has 13 heteroatoms. The summed E-state index contributed by atoms with van der Waals surface area (Å²) in [7, 11) is -5.15. The molecule has 7 bridgehead atoms. The van der Waals surface area contributed by atoms with E-state index in [0.717, 1.165) is 68.2 Å². The summed E-state index contributed by atoms with van der Waals surface area (Å²) in [6, 6.07) is 9.29. The molecule has 2 fully saturated rings. The quantitative estimate of drug-likeness (QED) is 0.333. The van der Waals surface area contributed by atoms with Gasteiger partial charge in [-0.25, -0.2) is 18.1 Å². The number of hydrogen-bond donors (Lipinski definition) is 1. The van der Waals surface area contributed by atoms with Crippen LogP contribution in [0, 0.1) is 5.41 Å². The van der Waals surface area contributed by atoms with E-state index in [2.05, 4.69) is 57.1 Å². The van der Waals surface area contributed by atoms with Gasteiger partial charge in [0.05, 0.1) is 5.69 Å². The van der Waals surface area contributed by atoms with Crippen LogP contribution in [0.4, 0.5) is 11.6 Å². The van der Waals surface area contributed by atoms with E-state index < -0.39 is 18.1 Å². The van der Waals surface area contributed by atoms with Crippen LogP contribution in [0.1, 0.15) is 24.0 Å². The van der Waals surface area contributed by atoms with E-state index in [0.29, 0.717) is 38.1 Å². The van der Waals surface area contributed by atoms with Crippen LogP contribution in [0.5, 0.6) is 5.88 Å². The number of hydrogen-bond acceptors (Lipinski definition) is 9. The van der Waals surface area contributed by atoms with Gasteiger partial charge >= 0.3 is 0 Å². The molecule has 1 spiro atoms. The van der Waals surface area contributed by atoms with E-state index in [-0.39, 0.29) is 17.3 Å². The Bertz CT molecular complexity index is 1630. The summed E-state index contributed by atoms with van der Waals surface area (Å²) in [6.45, 7) is 11.7. The highest BCUT2D eigenvalue weighted by molar-refractivity contribution is 7.89. The minimum Gasteiger partial charge on any atom is -0.476 e. The Hall–Kier alpha value is -2.84. The molecule has 230 valence electrons. The molecule has 1 aliphatic carbocycles. The fraction of sp³-hybridized carbons (Fsp3) is 0.567. The van der Waals surface area contributed by atoms with Gasteiger partial charge in [-0.2, -0.15) is 9.29 Å². The molecule has 0 radical (unpaired) electrons. The number of nitrogens with zero attached hydrogens (tertiary/aromatic N) is 6. The smallest absolute Gasteiger partial charge is 0.284 e. The van der Waals surface area contributed by atoms with E-state index in [1.807, 2.05) is 12.1 Å². The lowest BCUT2D eigenvalue weighted by Crippen LogP contribution is -2.59. The molecule has 3 aromatic rings. The van der Waals surface area contributed by atoms with Crippen molar-refractivity contribution in [2.45, 2.75) is 63.3 Å². The second-order valence-corrected chi connectivity index (χ2v) is 21.2. The van der Waals surface area contributed by atoms with Gasteiger partial charge in [0, 0.05) is 64.1 Å². The number of benzene rings is 1. The Kier molecular flexibility index (Phi) is 7.36. The highest BCUT2D eigenvalue weighted by Crippen LogP contribution is 2.43. The first-order valence-electron chi connectivity index (χ1n) is 15.3. The average Bonchev–Trinajstić information content (AvgIpc) is 3.69. The van der Waals surface area contributed by atoms with Gasteiger partial charge in [0.2, 0.25) is 11.8 Å². The summed E-state index contributed by atoms with van der Waals surface area (Å²) in [5, 5.41) is 7.90. The standard InChI is InChI=1S/C30H41N7O4SSi/c1-43(2,3)16-15-40-21-37-28-32-27-24-6-4-5-22(24)7-8-25(27)23-9-11-31-26(17-23)41-14-13-35-12-10-30(18-35)19-36(20-30)42(38,39)29(33-28)34-37/h7-9,11,17H,4-6,10,12-16,18-21H2,1-3H3,(H,32,33,34). The molecule has 5 aliphatic rings. The predicted molar refractivity (Wildman–Crippen MR) is 167 cm³/mol. The maximum atomic E-state index is 13.8. The van der Waals surface area contributed by atoms with Crippen molar-refractivity contribution in [2.24, 2.45) is 5.41 Å². The molecule has 1 atom stereocenters. The predicted octanol–water partition coefficient (Wildman–Crippen LogP) is 3.97. The molecule has 6 heterocycles. The molecular weight excluding hydrogens is 583 g/mol. The second kappa shape index (κ2) is 10.9. The fourth-order valence-electron chi connectivity index (χ4n) is 6.70. The number of nitrogens with one attached hydrogen (secondary N) is 1. The van der Waals surface area contributed by atoms with Crippen LogP contribution in [0.3, 0.4) is 0 Å². The third kappa shape index (κ3) is 5.73. The van der Waals surface area contributed by atoms with Crippen molar-refractivity contribution in [1.82, 2.24) is 29.0 Å². The summed E-state index contributed by atoms with van der Waals surface area (Å²) in [5.41, 5.74) is 5.36. The van der Waals surface area contributed by atoms with Crippen molar-refractivity contribution >= 4 is 29.7 Å². The molecule has 11 nitrogen and oxygen atoms in total. The van der Waals surface area contributed by atoms with Crippen LogP contribution in [0.15, 0.2) is 35.6 Å². The highest BCUT2D eigenvalue weighted by atomic mass is 32.2. The van der Waals surface area contributed by atoms with Crippen molar-refractivity contribution in [3.63, 3.8) is 0 Å². The number of pyridine rings is 1. The Labute approximate surface area is 254 Å². The van der Waals surface area contributed by atoms with Crippen LogP contribution >= 0.6 is 0 Å². The normalized spacial score (nSPS) is 25.8. The molecule has 0 saturated carbocycles. The fourth-order valence-corrected chi connectivity index (χ4v) is 8.98. The topological polar surface area (TPSA) is 115 Å². The first kappa shape index (κ1) is 28.9. The molecule has 43 heavy (non-hydrogen) atoms. The van der Waals surface area contributed by atoms with Gasteiger partial charge in [-0.15, -0.1) is 5.10 Å². The van der Waals surface area contributed by atoms with Crippen molar-refractivity contribution < 1.29 is 17.9 Å². The molecule has 2 saturated heterocycles. The molecule has 1 unspecified atom stereocenters. The van der Waals surface area contributed by atoms with Crippen molar-refractivity contribution in [3.8, 4) is 17.0 Å². The Morgan fingerprint density at radius 3 is 2.81 bits per heavy atom. The first-order chi connectivity index (χ1) is 20.6. The molecular formula is C30H41N7O4SSi. The zero-order valence-electron chi connectivity index (χ0n) is 25.3. The van der Waals surface area contributed by atoms with Crippen LogP contribution in [0.2, 0.25) is 25.7 Å². The summed E-state index contributed by atoms with van der Waals surface area (Å²) in [4.78, 5) is 11.5. The second-order valence-electron chi connectivity index (χ2n) is 13.7. The lowest BCUT2D eigenvalue weighted by molar-refractivity contribution is 0.0737. The van der Waals surface area contributed by atoms with Gasteiger partial charge in [0.25, 0.3) is 15.2 Å². The van der Waals surface area contributed by atoms with E-state index in [4.69, 9.17) is 9.47 Å². The van der Waals surface area contributed by atoms with Crippen LogP contribution in [-0.2, 0) is 34.3 Å². The van der Waals surface area contributed by atoms with Crippen molar-refractivity contribution in [3.05, 3.63) is 41.6 Å². The zero-order chi connectivity index (χ0) is 29.8. The van der Waals surface area contributed by atoms with Crippen LogP contribution < -0.4 is 10.1 Å². The Balaban J connectivity index is 1.30. The van der Waals surface area contributed by atoms with Crippen LogP contribution in [0.25, 0.3) is 11.1 Å². The zero-order valence-corrected chi connectivity index (χ0v) is 27.1. The number of aromatic nitrogens is 4. The van der Waals surface area contributed by atoms with Crippen LogP contribution in [-0.4, -0.2) is 91.4 Å². The molecule has 0 amide bonds. The Morgan fingerprint density at radius 1 is 1.12 bits per heavy atom. The van der Waals surface area contributed by atoms with Gasteiger partial charge in [0.15, 0.2) is 0 Å². The summed E-state index contributed by atoms with van der Waals surface area (Å²) >= 11 is 0. The van der Waals surface area contributed by atoms with Gasteiger partial charge < -0.3 is 14.8 Å². The SMILES string of the molecule is C[Si](C)(C)CCOCn1nc2nc1Nc1c(ccc3c1CCC3)-c1ccnc(c1)OCCN1CCC3(C1)CN(C3)S2(=O)=O. The largest absolute Gasteiger partial charge is 0.476 e.